The Morgan fingerprint density at radius 2 is 2.05 bits per heavy atom. The number of methoxy groups -OCH3 is 1. The topological polar surface area (TPSA) is 55.6 Å². The van der Waals surface area contributed by atoms with Gasteiger partial charge in [-0.3, -0.25) is 4.79 Å². The molecule has 1 unspecified atom stereocenters. The zero-order chi connectivity index (χ0) is 14.4. The Bertz CT molecular complexity index is 420. The molecule has 0 radical (unpaired) electrons. The second-order valence-corrected chi connectivity index (χ2v) is 4.83. The summed E-state index contributed by atoms with van der Waals surface area (Å²) in [6.45, 7) is 3.94. The Labute approximate surface area is 115 Å². The van der Waals surface area contributed by atoms with Gasteiger partial charge in [-0.25, -0.2) is 0 Å². The molecule has 1 amide bonds. The van der Waals surface area contributed by atoms with E-state index in [0.717, 1.165) is 17.7 Å². The van der Waals surface area contributed by atoms with Gasteiger partial charge in [-0.05, 0) is 31.4 Å². The van der Waals surface area contributed by atoms with Crippen LogP contribution in [0.1, 0.15) is 25.8 Å². The zero-order valence-corrected chi connectivity index (χ0v) is 12.2. The third-order valence-corrected chi connectivity index (χ3v) is 3.47. The first kappa shape index (κ1) is 15.5. The van der Waals surface area contributed by atoms with Crippen LogP contribution < -0.4 is 10.5 Å². The molecule has 0 aliphatic carbocycles. The van der Waals surface area contributed by atoms with Gasteiger partial charge in [0.05, 0.1) is 13.2 Å². The van der Waals surface area contributed by atoms with E-state index in [0.29, 0.717) is 6.42 Å². The fourth-order valence-corrected chi connectivity index (χ4v) is 1.98. The number of para-hydroxylation sites is 1. The molecule has 1 aromatic carbocycles. The smallest absolute Gasteiger partial charge is 0.239 e. The van der Waals surface area contributed by atoms with E-state index in [4.69, 9.17) is 10.5 Å². The number of amides is 1. The lowest BCUT2D eigenvalue weighted by atomic mass is 10.0. The summed E-state index contributed by atoms with van der Waals surface area (Å²) in [6, 6.07) is 7.54. The van der Waals surface area contributed by atoms with E-state index >= 15 is 0 Å². The summed E-state index contributed by atoms with van der Waals surface area (Å²) in [6.07, 6.45) is 1.41. The summed E-state index contributed by atoms with van der Waals surface area (Å²) in [7, 11) is 3.46. The van der Waals surface area contributed by atoms with Crippen LogP contribution in [0.25, 0.3) is 0 Å². The molecule has 19 heavy (non-hydrogen) atoms. The maximum atomic E-state index is 12.0. The minimum absolute atomic E-state index is 0.00935. The quantitative estimate of drug-likeness (QED) is 0.852. The first-order chi connectivity index (χ1) is 9.01. The van der Waals surface area contributed by atoms with Crippen molar-refractivity contribution in [3.63, 3.8) is 0 Å². The molecular weight excluding hydrogens is 240 g/mol. The number of nitrogens with two attached hydrogens (primary N) is 1. The minimum Gasteiger partial charge on any atom is -0.496 e. The summed E-state index contributed by atoms with van der Waals surface area (Å²) >= 11 is 0. The Hall–Kier alpha value is -1.55. The molecule has 1 rings (SSSR count). The Morgan fingerprint density at radius 1 is 1.42 bits per heavy atom. The number of hydrogen-bond acceptors (Lipinski definition) is 3. The third kappa shape index (κ3) is 3.96. The molecule has 4 nitrogen and oxygen atoms in total. The van der Waals surface area contributed by atoms with Crippen molar-refractivity contribution in [3.05, 3.63) is 29.8 Å². The first-order valence-electron chi connectivity index (χ1n) is 6.65. The van der Waals surface area contributed by atoms with Gasteiger partial charge in [0.2, 0.25) is 5.91 Å². The molecule has 0 aliphatic heterocycles. The highest BCUT2D eigenvalue weighted by atomic mass is 16.5. The van der Waals surface area contributed by atoms with Crippen LogP contribution in [0, 0.1) is 0 Å². The van der Waals surface area contributed by atoms with E-state index in [-0.39, 0.29) is 11.9 Å². The Balaban J connectivity index is 2.73. The van der Waals surface area contributed by atoms with Gasteiger partial charge < -0.3 is 15.4 Å². The lowest BCUT2D eigenvalue weighted by Gasteiger charge is -2.27. The molecule has 0 fully saturated rings. The summed E-state index contributed by atoms with van der Waals surface area (Å²) in [4.78, 5) is 13.8. The van der Waals surface area contributed by atoms with Crippen LogP contribution in [0.5, 0.6) is 5.75 Å². The van der Waals surface area contributed by atoms with E-state index < -0.39 is 6.04 Å². The van der Waals surface area contributed by atoms with Crippen molar-refractivity contribution in [3.8, 4) is 5.75 Å². The van der Waals surface area contributed by atoms with Crippen molar-refractivity contribution in [2.45, 2.75) is 38.8 Å². The number of ether oxygens (including phenoxy) is 1. The fourth-order valence-electron chi connectivity index (χ4n) is 1.98. The molecule has 0 aromatic heterocycles. The van der Waals surface area contributed by atoms with Gasteiger partial charge in [0.15, 0.2) is 0 Å². The van der Waals surface area contributed by atoms with Gasteiger partial charge in [-0.2, -0.15) is 0 Å². The first-order valence-corrected chi connectivity index (χ1v) is 6.65. The van der Waals surface area contributed by atoms with Crippen LogP contribution in [0.4, 0.5) is 0 Å². The molecule has 106 valence electrons. The molecule has 0 heterocycles. The van der Waals surface area contributed by atoms with Gasteiger partial charge >= 0.3 is 0 Å². The van der Waals surface area contributed by atoms with Crippen LogP contribution in [0.15, 0.2) is 24.3 Å². The van der Waals surface area contributed by atoms with Crippen molar-refractivity contribution in [2.24, 2.45) is 5.73 Å². The lowest BCUT2D eigenvalue weighted by Crippen LogP contribution is -2.46. The van der Waals surface area contributed by atoms with Crippen LogP contribution >= 0.6 is 0 Å². The molecule has 0 bridgehead atoms. The summed E-state index contributed by atoms with van der Waals surface area (Å²) in [5.74, 6) is 0.847. The van der Waals surface area contributed by atoms with E-state index in [1.54, 1.807) is 19.1 Å². The second-order valence-electron chi connectivity index (χ2n) is 4.83. The highest BCUT2D eigenvalue weighted by Gasteiger charge is 2.21. The molecule has 0 spiro atoms. The summed E-state index contributed by atoms with van der Waals surface area (Å²) in [5, 5.41) is 0. The van der Waals surface area contributed by atoms with Crippen molar-refractivity contribution in [1.82, 2.24) is 4.90 Å². The fraction of sp³-hybridized carbons (Fsp3) is 0.533. The van der Waals surface area contributed by atoms with Crippen molar-refractivity contribution < 1.29 is 9.53 Å². The average Bonchev–Trinajstić information content (AvgIpc) is 2.45. The summed E-state index contributed by atoms with van der Waals surface area (Å²) < 4.78 is 5.33. The minimum atomic E-state index is -0.412. The predicted octanol–water partition coefficient (Wildman–Crippen LogP) is 1.82. The molecule has 0 aliphatic rings. The Kier molecular flexibility index (Phi) is 5.83. The molecule has 2 N–H and O–H groups in total. The number of rotatable bonds is 6. The molecular formula is C15H24N2O2. The van der Waals surface area contributed by atoms with Gasteiger partial charge in [0.25, 0.3) is 0 Å². The monoisotopic (exact) mass is 264 g/mol. The number of likely N-dealkylation sites (N-methyl/N-ethyl adjacent to an activating group) is 1. The standard InChI is InChI=1S/C15H24N2O2/c1-5-13(16)15(18)17(3)11(2)10-12-8-6-7-9-14(12)19-4/h6-9,11,13H,5,10,16H2,1-4H3/t11?,13-/m1/s1. The average molecular weight is 264 g/mol. The molecule has 0 saturated heterocycles. The highest BCUT2D eigenvalue weighted by Crippen LogP contribution is 2.20. The number of carbonyl (C=O) groups excluding carboxylic acids is 1. The largest absolute Gasteiger partial charge is 0.496 e. The van der Waals surface area contributed by atoms with E-state index in [1.165, 1.54) is 0 Å². The lowest BCUT2D eigenvalue weighted by molar-refractivity contribution is -0.133. The van der Waals surface area contributed by atoms with Crippen LogP contribution in [0.3, 0.4) is 0 Å². The van der Waals surface area contributed by atoms with Crippen LogP contribution in [0.2, 0.25) is 0 Å². The maximum Gasteiger partial charge on any atom is 0.239 e. The molecule has 0 saturated carbocycles. The predicted molar refractivity (Wildman–Crippen MR) is 77.2 cm³/mol. The number of nitrogens with zero attached hydrogens (tertiary/aromatic N) is 1. The van der Waals surface area contributed by atoms with Crippen molar-refractivity contribution in [2.75, 3.05) is 14.2 Å². The van der Waals surface area contributed by atoms with Crippen molar-refractivity contribution >= 4 is 5.91 Å². The van der Waals surface area contributed by atoms with Gasteiger partial charge in [0.1, 0.15) is 5.75 Å². The highest BCUT2D eigenvalue weighted by molar-refractivity contribution is 5.81. The maximum absolute atomic E-state index is 12.0. The van der Waals surface area contributed by atoms with Crippen molar-refractivity contribution in [1.29, 1.82) is 0 Å². The van der Waals surface area contributed by atoms with Gasteiger partial charge in [-0.1, -0.05) is 25.1 Å². The Morgan fingerprint density at radius 3 is 2.63 bits per heavy atom. The zero-order valence-electron chi connectivity index (χ0n) is 12.2. The number of carbonyl (C=O) groups is 1. The van der Waals surface area contributed by atoms with E-state index in [2.05, 4.69) is 0 Å². The van der Waals surface area contributed by atoms with E-state index in [1.807, 2.05) is 38.1 Å². The SMILES string of the molecule is CC[C@@H](N)C(=O)N(C)C(C)Cc1ccccc1OC. The van der Waals surface area contributed by atoms with Gasteiger partial charge in [-0.15, -0.1) is 0 Å². The number of hydrogen-bond donors (Lipinski definition) is 1. The third-order valence-electron chi connectivity index (χ3n) is 3.47. The summed E-state index contributed by atoms with van der Waals surface area (Å²) in [5.41, 5.74) is 6.89. The number of benzene rings is 1. The van der Waals surface area contributed by atoms with Gasteiger partial charge in [0, 0.05) is 13.1 Å². The van der Waals surface area contributed by atoms with E-state index in [9.17, 15) is 4.79 Å². The molecule has 1 aromatic rings. The van der Waals surface area contributed by atoms with Crippen LogP contribution in [-0.4, -0.2) is 37.0 Å². The molecule has 4 heteroatoms. The molecule has 2 atom stereocenters. The second kappa shape index (κ2) is 7.14. The van der Waals surface area contributed by atoms with Crippen LogP contribution in [-0.2, 0) is 11.2 Å². The normalized spacial score (nSPS) is 13.7.